The predicted octanol–water partition coefficient (Wildman–Crippen LogP) is 4.26. The number of carbonyl (C=O) groups is 2. The molecule has 3 aliphatic rings. The molecule has 3 N–H and O–H groups in total. The molecule has 0 bridgehead atoms. The molecule has 35 heavy (non-hydrogen) atoms. The van der Waals surface area contributed by atoms with Crippen molar-refractivity contribution in [3.8, 4) is 0 Å². The number of nitrogens with one attached hydrogen (secondary N) is 1. The van der Waals surface area contributed by atoms with E-state index in [1.807, 2.05) is 62.4 Å². The highest BCUT2D eigenvalue weighted by atomic mass is 16.2. The van der Waals surface area contributed by atoms with E-state index in [1.165, 1.54) is 11.1 Å². The molecule has 6 nitrogen and oxygen atoms in total. The van der Waals surface area contributed by atoms with E-state index in [4.69, 9.17) is 5.73 Å². The minimum Gasteiger partial charge on any atom is -0.347 e. The Morgan fingerprint density at radius 1 is 1.09 bits per heavy atom. The number of nitrogens with two attached hydrogens (primary N) is 1. The number of hydrogen-bond acceptors (Lipinski definition) is 3. The van der Waals surface area contributed by atoms with Crippen LogP contribution in [0.4, 0.5) is 4.79 Å². The van der Waals surface area contributed by atoms with E-state index >= 15 is 0 Å². The fourth-order valence-electron chi connectivity index (χ4n) is 5.64. The first kappa shape index (κ1) is 23.4. The van der Waals surface area contributed by atoms with Crippen molar-refractivity contribution in [2.24, 2.45) is 5.73 Å². The number of benzene rings is 2. The lowest BCUT2D eigenvalue weighted by Crippen LogP contribution is -2.60. The van der Waals surface area contributed by atoms with E-state index in [9.17, 15) is 9.59 Å². The minimum atomic E-state index is -0.665. The molecule has 2 aromatic rings. The molecule has 2 aromatic carbocycles. The molecule has 0 spiro atoms. The summed E-state index contributed by atoms with van der Waals surface area (Å²) in [5.74, 6) is 0.00940. The third-order valence-electron chi connectivity index (χ3n) is 8.00. The van der Waals surface area contributed by atoms with Crippen LogP contribution in [0.25, 0.3) is 0 Å². The highest BCUT2D eigenvalue weighted by molar-refractivity contribution is 5.89. The lowest BCUT2D eigenvalue weighted by atomic mass is 9.90. The Labute approximate surface area is 207 Å². The quantitative estimate of drug-likeness (QED) is 0.701. The zero-order valence-corrected chi connectivity index (χ0v) is 20.4. The SMILES string of the molecule is CC(N)C1(C)C=CC=CN1C(=O)N1C[C@H](c2ccccc2)C[C@@H]1C(=O)N[C@@H]1CCc2ccccc21. The second kappa shape index (κ2) is 9.34. The fraction of sp³-hybridized carbons (Fsp3) is 0.379. The number of nitrogens with zero attached hydrogens (tertiary/aromatic N) is 2. The van der Waals surface area contributed by atoms with Crippen molar-refractivity contribution in [1.29, 1.82) is 0 Å². The first-order chi connectivity index (χ1) is 16.9. The Kier molecular flexibility index (Phi) is 6.24. The van der Waals surface area contributed by atoms with Gasteiger partial charge in [-0.3, -0.25) is 9.69 Å². The maximum absolute atomic E-state index is 14.0. The van der Waals surface area contributed by atoms with Gasteiger partial charge in [0.05, 0.1) is 11.6 Å². The monoisotopic (exact) mass is 470 g/mol. The van der Waals surface area contributed by atoms with Gasteiger partial charge in [-0.15, -0.1) is 0 Å². The molecular formula is C29H34N4O2. The van der Waals surface area contributed by atoms with E-state index in [2.05, 4.69) is 29.6 Å². The lowest BCUT2D eigenvalue weighted by Gasteiger charge is -2.43. The molecule has 1 saturated heterocycles. The van der Waals surface area contributed by atoms with E-state index in [0.717, 1.165) is 18.4 Å². The molecule has 2 unspecified atom stereocenters. The molecule has 5 rings (SSSR count). The second-order valence-corrected chi connectivity index (χ2v) is 10.2. The minimum absolute atomic E-state index is 0.0152. The normalized spacial score (nSPS) is 28.1. The zero-order chi connectivity index (χ0) is 24.6. The number of fused-ring (bicyclic) bond motifs is 1. The van der Waals surface area contributed by atoms with Gasteiger partial charge >= 0.3 is 6.03 Å². The van der Waals surface area contributed by atoms with Crippen LogP contribution < -0.4 is 11.1 Å². The van der Waals surface area contributed by atoms with Crippen molar-refractivity contribution in [3.05, 3.63) is 95.7 Å². The smallest absolute Gasteiger partial charge is 0.325 e. The van der Waals surface area contributed by atoms with Gasteiger partial charge in [0, 0.05) is 24.7 Å². The maximum Gasteiger partial charge on any atom is 0.325 e. The van der Waals surface area contributed by atoms with Gasteiger partial charge in [0.15, 0.2) is 0 Å². The summed E-state index contributed by atoms with van der Waals surface area (Å²) in [6.45, 7) is 4.36. The van der Waals surface area contributed by atoms with Gasteiger partial charge < -0.3 is 16.0 Å². The summed E-state index contributed by atoms with van der Waals surface area (Å²) in [5, 5.41) is 3.27. The Morgan fingerprint density at radius 2 is 1.83 bits per heavy atom. The molecule has 2 heterocycles. The van der Waals surface area contributed by atoms with Gasteiger partial charge in [0.25, 0.3) is 0 Å². The van der Waals surface area contributed by atoms with E-state index in [-0.39, 0.29) is 29.9 Å². The van der Waals surface area contributed by atoms with Crippen molar-refractivity contribution in [2.75, 3.05) is 6.54 Å². The first-order valence-electron chi connectivity index (χ1n) is 12.5. The third-order valence-corrected chi connectivity index (χ3v) is 8.00. The van der Waals surface area contributed by atoms with E-state index < -0.39 is 11.6 Å². The van der Waals surface area contributed by atoms with E-state index in [1.54, 1.807) is 16.0 Å². The summed E-state index contributed by atoms with van der Waals surface area (Å²) >= 11 is 0. The summed E-state index contributed by atoms with van der Waals surface area (Å²) in [4.78, 5) is 31.1. The molecule has 0 saturated carbocycles. The molecule has 1 aliphatic carbocycles. The van der Waals surface area contributed by atoms with Crippen LogP contribution in [-0.2, 0) is 11.2 Å². The third kappa shape index (κ3) is 4.27. The average Bonchev–Trinajstić information content (AvgIpc) is 3.50. The zero-order valence-electron chi connectivity index (χ0n) is 20.4. The van der Waals surface area contributed by atoms with Crippen molar-refractivity contribution in [2.45, 2.75) is 62.7 Å². The predicted molar refractivity (Wildman–Crippen MR) is 138 cm³/mol. The van der Waals surface area contributed by atoms with Crippen LogP contribution in [0.1, 0.15) is 55.3 Å². The summed E-state index contributed by atoms with van der Waals surface area (Å²) in [5.41, 5.74) is 9.28. The van der Waals surface area contributed by atoms with Crippen LogP contribution in [0.3, 0.4) is 0 Å². The first-order valence-corrected chi connectivity index (χ1v) is 12.5. The van der Waals surface area contributed by atoms with Gasteiger partial charge in [-0.05, 0) is 55.9 Å². The van der Waals surface area contributed by atoms with Crippen LogP contribution in [0.15, 0.2) is 79.0 Å². The van der Waals surface area contributed by atoms with Crippen LogP contribution in [0, 0.1) is 0 Å². The molecule has 0 aromatic heterocycles. The Bertz CT molecular complexity index is 1160. The summed E-state index contributed by atoms with van der Waals surface area (Å²) < 4.78 is 0. The number of aryl methyl sites for hydroxylation is 1. The number of hydrogen-bond donors (Lipinski definition) is 2. The summed E-state index contributed by atoms with van der Waals surface area (Å²) in [6.07, 6.45) is 9.95. The second-order valence-electron chi connectivity index (χ2n) is 10.2. The summed E-state index contributed by atoms with van der Waals surface area (Å²) in [6, 6.07) is 17.4. The van der Waals surface area contributed by atoms with Crippen LogP contribution in [-0.4, -0.2) is 45.9 Å². The highest BCUT2D eigenvalue weighted by Gasteiger charge is 2.46. The van der Waals surface area contributed by atoms with Crippen molar-refractivity contribution in [3.63, 3.8) is 0 Å². The highest BCUT2D eigenvalue weighted by Crippen LogP contribution is 2.36. The topological polar surface area (TPSA) is 78.7 Å². The molecule has 1 fully saturated rings. The Hall–Kier alpha value is -3.38. The van der Waals surface area contributed by atoms with Gasteiger partial charge in [-0.25, -0.2) is 4.79 Å². The molecular weight excluding hydrogens is 436 g/mol. The number of carbonyl (C=O) groups excluding carboxylic acids is 2. The van der Waals surface area contributed by atoms with Crippen LogP contribution in [0.2, 0.25) is 0 Å². The Morgan fingerprint density at radius 3 is 2.60 bits per heavy atom. The average molecular weight is 471 g/mol. The largest absolute Gasteiger partial charge is 0.347 e. The maximum atomic E-state index is 14.0. The van der Waals surface area contributed by atoms with Crippen LogP contribution in [0.5, 0.6) is 0 Å². The number of likely N-dealkylation sites (tertiary alicyclic amines) is 1. The molecule has 2 aliphatic heterocycles. The molecule has 182 valence electrons. The fourth-order valence-corrected chi connectivity index (χ4v) is 5.64. The van der Waals surface area contributed by atoms with Gasteiger partial charge in [-0.1, -0.05) is 66.7 Å². The summed E-state index contributed by atoms with van der Waals surface area (Å²) in [7, 11) is 0. The van der Waals surface area contributed by atoms with Gasteiger partial charge in [0.1, 0.15) is 6.04 Å². The van der Waals surface area contributed by atoms with Gasteiger partial charge in [-0.2, -0.15) is 0 Å². The molecule has 5 atom stereocenters. The van der Waals surface area contributed by atoms with Crippen molar-refractivity contribution < 1.29 is 9.59 Å². The van der Waals surface area contributed by atoms with Crippen molar-refractivity contribution >= 4 is 11.9 Å². The number of amides is 3. The number of rotatable bonds is 4. The molecule has 0 radical (unpaired) electrons. The van der Waals surface area contributed by atoms with Gasteiger partial charge in [0.2, 0.25) is 5.91 Å². The number of urea groups is 1. The lowest BCUT2D eigenvalue weighted by molar-refractivity contribution is -0.125. The Balaban J connectivity index is 1.42. The van der Waals surface area contributed by atoms with Crippen molar-refractivity contribution in [1.82, 2.24) is 15.1 Å². The molecule has 3 amide bonds. The van der Waals surface area contributed by atoms with E-state index in [0.29, 0.717) is 13.0 Å². The molecule has 6 heteroatoms. The number of allylic oxidation sites excluding steroid dienone is 2. The van der Waals surface area contributed by atoms with Crippen LogP contribution >= 0.6 is 0 Å². The standard InChI is InChI=1S/C29H34N4O2/c1-20(30)29(2)16-8-9-17-33(29)28(35)32-19-23(21-10-4-3-5-11-21)18-26(32)27(34)31-25-15-14-22-12-6-7-13-24(22)25/h3-13,16-17,20,23,25-26H,14-15,18-19,30H2,1-2H3,(H,31,34)/t20?,23-,25-,26-,29?/m1/s1.